The van der Waals surface area contributed by atoms with E-state index in [9.17, 15) is 15.0 Å². The van der Waals surface area contributed by atoms with Gasteiger partial charge in [0.2, 0.25) is 0 Å². The Bertz CT molecular complexity index is 503. The SMILES string of the molecule is C[C@]12CC[C@H]3[C@@H](CC[C@@]4(O)CC(=O)CC[C@]34C)[C@@H]1CC[C@@H]2O. The quantitative estimate of drug-likeness (QED) is 0.723. The molecule has 0 aromatic carbocycles. The Morgan fingerprint density at radius 1 is 1.00 bits per heavy atom. The second-order valence-corrected chi connectivity index (χ2v) is 9.22. The van der Waals surface area contributed by atoms with Crippen molar-refractivity contribution in [3.05, 3.63) is 0 Å². The Kier molecular flexibility index (Phi) is 3.14. The van der Waals surface area contributed by atoms with Crippen LogP contribution in [0.15, 0.2) is 0 Å². The van der Waals surface area contributed by atoms with Gasteiger partial charge >= 0.3 is 0 Å². The highest BCUT2D eigenvalue weighted by Crippen LogP contribution is 2.66. The van der Waals surface area contributed by atoms with Crippen LogP contribution in [0.5, 0.6) is 0 Å². The molecule has 0 saturated heterocycles. The molecule has 22 heavy (non-hydrogen) atoms. The maximum Gasteiger partial charge on any atom is 0.135 e. The molecule has 0 radical (unpaired) electrons. The lowest BCUT2D eigenvalue weighted by Gasteiger charge is -2.63. The minimum absolute atomic E-state index is 0.0947. The smallest absolute Gasteiger partial charge is 0.135 e. The first-order valence-electron chi connectivity index (χ1n) is 9.22. The van der Waals surface area contributed by atoms with Gasteiger partial charge in [0.25, 0.3) is 0 Å². The number of hydrogen-bond acceptors (Lipinski definition) is 3. The van der Waals surface area contributed by atoms with Crippen LogP contribution in [0.25, 0.3) is 0 Å². The number of aliphatic hydroxyl groups excluding tert-OH is 1. The molecule has 0 spiro atoms. The fourth-order valence-corrected chi connectivity index (χ4v) is 7.01. The van der Waals surface area contributed by atoms with Crippen molar-refractivity contribution < 1.29 is 15.0 Å². The van der Waals surface area contributed by atoms with Crippen LogP contribution in [-0.2, 0) is 4.79 Å². The van der Waals surface area contributed by atoms with Gasteiger partial charge in [0.15, 0.2) is 0 Å². The predicted octanol–water partition coefficient (Wildman–Crippen LogP) is 3.07. The van der Waals surface area contributed by atoms with Crippen molar-refractivity contribution in [2.24, 2.45) is 28.6 Å². The lowest BCUT2D eigenvalue weighted by atomic mass is 9.43. The number of ketones is 1. The summed E-state index contributed by atoms with van der Waals surface area (Å²) in [6.07, 6.45) is 7.84. The lowest BCUT2D eigenvalue weighted by Crippen LogP contribution is -2.62. The molecular weight excluding hydrogens is 276 g/mol. The van der Waals surface area contributed by atoms with Gasteiger partial charge in [-0.1, -0.05) is 13.8 Å². The second kappa shape index (κ2) is 4.57. The third-order valence-corrected chi connectivity index (χ3v) is 8.57. The van der Waals surface area contributed by atoms with Crippen molar-refractivity contribution in [3.8, 4) is 0 Å². The Labute approximate surface area is 133 Å². The molecule has 3 nitrogen and oxygen atoms in total. The van der Waals surface area contributed by atoms with Crippen LogP contribution >= 0.6 is 0 Å². The third-order valence-electron chi connectivity index (χ3n) is 8.57. The first-order chi connectivity index (χ1) is 10.3. The van der Waals surface area contributed by atoms with Crippen LogP contribution in [0, 0.1) is 28.6 Å². The number of Topliss-reactive ketones (excluding diaryl/α,β-unsaturated/α-hetero) is 1. The van der Waals surface area contributed by atoms with E-state index in [1.807, 2.05) is 0 Å². The molecule has 0 aliphatic heterocycles. The van der Waals surface area contributed by atoms with E-state index in [1.165, 1.54) is 0 Å². The fraction of sp³-hybridized carbons (Fsp3) is 0.947. The highest BCUT2D eigenvalue weighted by atomic mass is 16.3. The summed E-state index contributed by atoms with van der Waals surface area (Å²) in [5.74, 6) is 2.02. The molecular formula is C19H30O3. The van der Waals surface area contributed by atoms with Gasteiger partial charge in [-0.2, -0.15) is 0 Å². The summed E-state index contributed by atoms with van der Waals surface area (Å²) in [5, 5.41) is 21.7. The minimum atomic E-state index is -0.769. The molecule has 0 heterocycles. The van der Waals surface area contributed by atoms with Crippen molar-refractivity contribution in [2.75, 3.05) is 0 Å². The van der Waals surface area contributed by atoms with E-state index in [0.717, 1.165) is 44.9 Å². The molecule has 0 amide bonds. The number of fused-ring (bicyclic) bond motifs is 5. The van der Waals surface area contributed by atoms with Gasteiger partial charge < -0.3 is 10.2 Å². The van der Waals surface area contributed by atoms with E-state index < -0.39 is 5.60 Å². The van der Waals surface area contributed by atoms with Gasteiger partial charge in [0.05, 0.1) is 11.7 Å². The second-order valence-electron chi connectivity index (χ2n) is 9.22. The van der Waals surface area contributed by atoms with Gasteiger partial charge in [0, 0.05) is 18.3 Å². The first kappa shape index (κ1) is 15.1. The van der Waals surface area contributed by atoms with E-state index in [0.29, 0.717) is 30.6 Å². The highest BCUT2D eigenvalue weighted by molar-refractivity contribution is 5.80. The summed E-state index contributed by atoms with van der Waals surface area (Å²) >= 11 is 0. The van der Waals surface area contributed by atoms with Crippen LogP contribution in [0.4, 0.5) is 0 Å². The molecule has 4 saturated carbocycles. The summed E-state index contributed by atoms with van der Waals surface area (Å²) in [4.78, 5) is 11.9. The van der Waals surface area contributed by atoms with Gasteiger partial charge in [-0.15, -0.1) is 0 Å². The maximum atomic E-state index is 11.9. The average Bonchev–Trinajstić information content (AvgIpc) is 2.76. The number of aliphatic hydroxyl groups is 2. The summed E-state index contributed by atoms with van der Waals surface area (Å²) < 4.78 is 0. The largest absolute Gasteiger partial charge is 0.393 e. The van der Waals surface area contributed by atoms with Crippen molar-refractivity contribution >= 4 is 5.78 Å². The number of rotatable bonds is 0. The lowest BCUT2D eigenvalue weighted by molar-refractivity contribution is -0.205. The molecule has 0 bridgehead atoms. The van der Waals surface area contributed by atoms with Crippen LogP contribution in [-0.4, -0.2) is 27.7 Å². The zero-order valence-electron chi connectivity index (χ0n) is 14.0. The fourth-order valence-electron chi connectivity index (χ4n) is 7.01. The van der Waals surface area contributed by atoms with E-state index >= 15 is 0 Å². The maximum absolute atomic E-state index is 11.9. The van der Waals surface area contributed by atoms with Gasteiger partial charge in [-0.3, -0.25) is 4.79 Å². The van der Waals surface area contributed by atoms with Crippen LogP contribution in [0.2, 0.25) is 0 Å². The molecule has 124 valence electrons. The molecule has 4 aliphatic carbocycles. The Morgan fingerprint density at radius 3 is 2.55 bits per heavy atom. The molecule has 4 fully saturated rings. The van der Waals surface area contributed by atoms with Crippen LogP contribution in [0.3, 0.4) is 0 Å². The topological polar surface area (TPSA) is 57.5 Å². The van der Waals surface area contributed by atoms with Crippen molar-refractivity contribution in [3.63, 3.8) is 0 Å². The van der Waals surface area contributed by atoms with Crippen LogP contribution < -0.4 is 0 Å². The summed E-state index contributed by atoms with van der Waals surface area (Å²) in [7, 11) is 0. The highest BCUT2D eigenvalue weighted by Gasteiger charge is 2.64. The van der Waals surface area contributed by atoms with E-state index in [1.54, 1.807) is 0 Å². The molecule has 0 aromatic heterocycles. The molecule has 3 heteroatoms. The van der Waals surface area contributed by atoms with Gasteiger partial charge in [-0.25, -0.2) is 0 Å². The average molecular weight is 306 g/mol. The van der Waals surface area contributed by atoms with Gasteiger partial charge in [-0.05, 0) is 68.1 Å². The summed E-state index contributed by atoms with van der Waals surface area (Å²) in [6.45, 7) is 4.55. The molecule has 0 aromatic rings. The zero-order valence-corrected chi connectivity index (χ0v) is 14.0. The number of hydrogen-bond donors (Lipinski definition) is 2. The molecule has 7 atom stereocenters. The monoisotopic (exact) mass is 306 g/mol. The van der Waals surface area contributed by atoms with Crippen molar-refractivity contribution in [1.29, 1.82) is 0 Å². The Morgan fingerprint density at radius 2 is 1.77 bits per heavy atom. The Hall–Kier alpha value is -0.410. The molecule has 2 N–H and O–H groups in total. The van der Waals surface area contributed by atoms with Crippen molar-refractivity contribution in [1.82, 2.24) is 0 Å². The number of carbonyl (C=O) groups excluding carboxylic acids is 1. The minimum Gasteiger partial charge on any atom is -0.393 e. The zero-order chi connectivity index (χ0) is 15.8. The molecule has 4 aliphatic rings. The van der Waals surface area contributed by atoms with E-state index in [2.05, 4.69) is 13.8 Å². The summed E-state index contributed by atoms with van der Waals surface area (Å²) in [6, 6.07) is 0. The summed E-state index contributed by atoms with van der Waals surface area (Å²) in [5.41, 5.74) is -0.773. The van der Waals surface area contributed by atoms with Crippen LogP contribution in [0.1, 0.15) is 71.6 Å². The van der Waals surface area contributed by atoms with Gasteiger partial charge in [0.1, 0.15) is 5.78 Å². The van der Waals surface area contributed by atoms with Crippen molar-refractivity contribution in [2.45, 2.75) is 83.3 Å². The number of carbonyl (C=O) groups is 1. The molecule has 4 rings (SSSR count). The normalized spacial score (nSPS) is 57.9. The van der Waals surface area contributed by atoms with E-state index in [4.69, 9.17) is 0 Å². The first-order valence-corrected chi connectivity index (χ1v) is 9.22. The predicted molar refractivity (Wildman–Crippen MR) is 84.2 cm³/mol. The third kappa shape index (κ3) is 1.73. The Balaban J connectivity index is 1.68. The molecule has 0 unspecified atom stereocenters. The standard InChI is InChI=1S/C19H30O3/c1-17-8-7-15-13(14(17)3-4-16(17)21)6-10-19(22)11-12(20)5-9-18(15,19)2/h13-16,21-22H,3-11H2,1-2H3/t13-,14-,15-,16-,17-,18+,19+/m0/s1. The van der Waals surface area contributed by atoms with E-state index in [-0.39, 0.29) is 22.7 Å².